The van der Waals surface area contributed by atoms with Crippen molar-refractivity contribution in [1.29, 1.82) is 0 Å². The normalized spacial score (nSPS) is 10.6. The van der Waals surface area contributed by atoms with Gasteiger partial charge in [0.05, 0.1) is 11.4 Å². The van der Waals surface area contributed by atoms with Gasteiger partial charge in [0.25, 0.3) is 5.09 Å². The molecule has 0 aliphatic heterocycles. The molecule has 2 aromatic carbocycles. The van der Waals surface area contributed by atoms with E-state index in [1.165, 1.54) is 11.1 Å². The average molecular weight is 344 g/mol. The summed E-state index contributed by atoms with van der Waals surface area (Å²) >= 11 is 6.31. The van der Waals surface area contributed by atoms with Crippen molar-refractivity contribution in [3.63, 3.8) is 0 Å². The summed E-state index contributed by atoms with van der Waals surface area (Å²) in [6.45, 7) is 0. The van der Waals surface area contributed by atoms with E-state index in [4.69, 9.17) is 26.9 Å². The molecule has 3 aromatic rings. The van der Waals surface area contributed by atoms with E-state index in [0.717, 1.165) is 5.56 Å². The van der Waals surface area contributed by atoms with Gasteiger partial charge in [0, 0.05) is 18.6 Å². The largest absolute Gasteiger partial charge is 0.328 e. The van der Waals surface area contributed by atoms with Crippen molar-refractivity contribution < 1.29 is 10.3 Å². The molecule has 7 heteroatoms. The van der Waals surface area contributed by atoms with E-state index in [0.29, 0.717) is 5.03 Å². The second-order valence-corrected chi connectivity index (χ2v) is 5.08. The Kier molecular flexibility index (Phi) is 6.10. The molecule has 24 heavy (non-hydrogen) atoms. The van der Waals surface area contributed by atoms with Crippen LogP contribution < -0.4 is 0 Å². The summed E-state index contributed by atoms with van der Waals surface area (Å²) in [5.74, 6) is 0. The zero-order chi connectivity index (χ0) is 17.4. The highest BCUT2D eigenvalue weighted by molar-refractivity contribution is 6.50. The zero-order valence-corrected chi connectivity index (χ0v) is 13.2. The number of aromatic nitrogens is 2. The Hall–Kier alpha value is -3.12. The molecule has 1 N–H and O–H groups in total. The van der Waals surface area contributed by atoms with Gasteiger partial charge in [-0.15, -0.1) is 10.1 Å². The SMILES string of the molecule is ClC(=Cn1ccnc1)c1ccc(-c2ccccc2)cc1.O=[N+]([O-])O. The number of imidazole rings is 1. The fourth-order valence-corrected chi connectivity index (χ4v) is 2.24. The van der Waals surface area contributed by atoms with E-state index in [9.17, 15) is 0 Å². The number of hydrogen-bond acceptors (Lipinski definition) is 3. The molecule has 0 atom stereocenters. The van der Waals surface area contributed by atoms with Gasteiger partial charge in [0.1, 0.15) is 0 Å². The van der Waals surface area contributed by atoms with Gasteiger partial charge in [-0.05, 0) is 16.7 Å². The van der Waals surface area contributed by atoms with Crippen LogP contribution in [0.1, 0.15) is 5.56 Å². The van der Waals surface area contributed by atoms with Gasteiger partial charge in [-0.1, -0.05) is 66.2 Å². The Morgan fingerprint density at radius 2 is 1.71 bits per heavy atom. The minimum Gasteiger partial charge on any atom is -0.328 e. The molecule has 0 spiro atoms. The molecule has 1 heterocycles. The van der Waals surface area contributed by atoms with Gasteiger partial charge in [-0.2, -0.15) is 0 Å². The van der Waals surface area contributed by atoms with Gasteiger partial charge < -0.3 is 9.77 Å². The molecular weight excluding hydrogens is 330 g/mol. The first kappa shape index (κ1) is 17.2. The molecule has 0 amide bonds. The predicted molar refractivity (Wildman–Crippen MR) is 92.9 cm³/mol. The first-order valence-corrected chi connectivity index (χ1v) is 7.28. The molecule has 6 nitrogen and oxygen atoms in total. The standard InChI is InChI=1S/C17H13ClN2.HNO3/c18-17(12-20-11-10-19-13-20)16-8-6-15(7-9-16)14-4-2-1-3-5-14;2-1(3)4/h1-13H;(H,2,3,4). The number of rotatable bonds is 3. The van der Waals surface area contributed by atoms with Crippen LogP contribution in [0.25, 0.3) is 22.4 Å². The van der Waals surface area contributed by atoms with E-state index in [-0.39, 0.29) is 0 Å². The lowest BCUT2D eigenvalue weighted by Gasteiger charge is -2.04. The Morgan fingerprint density at radius 1 is 1.12 bits per heavy atom. The molecule has 3 rings (SSSR count). The number of benzene rings is 2. The lowest BCUT2D eigenvalue weighted by Crippen LogP contribution is -1.84. The second kappa shape index (κ2) is 8.50. The van der Waals surface area contributed by atoms with Gasteiger partial charge >= 0.3 is 0 Å². The van der Waals surface area contributed by atoms with Crippen LogP contribution in [0.5, 0.6) is 0 Å². The maximum atomic E-state index is 8.36. The fourth-order valence-electron chi connectivity index (χ4n) is 2.00. The van der Waals surface area contributed by atoms with Crippen LogP contribution in [0.15, 0.2) is 73.3 Å². The topological polar surface area (TPSA) is 81.2 Å². The van der Waals surface area contributed by atoms with Gasteiger partial charge in [-0.3, -0.25) is 0 Å². The Balaban J connectivity index is 0.000000471. The van der Waals surface area contributed by atoms with Crippen molar-refractivity contribution in [3.05, 3.63) is 89.0 Å². The maximum Gasteiger partial charge on any atom is 0.291 e. The van der Waals surface area contributed by atoms with Gasteiger partial charge in [-0.25, -0.2) is 4.98 Å². The molecule has 0 aliphatic rings. The summed E-state index contributed by atoms with van der Waals surface area (Å²) in [5, 5.41) is 14.3. The van der Waals surface area contributed by atoms with Crippen molar-refractivity contribution in [2.75, 3.05) is 0 Å². The third-order valence-electron chi connectivity index (χ3n) is 3.06. The molecule has 0 saturated heterocycles. The highest BCUT2D eigenvalue weighted by Gasteiger charge is 2.00. The van der Waals surface area contributed by atoms with E-state index in [2.05, 4.69) is 29.2 Å². The molecule has 0 bridgehead atoms. The summed E-state index contributed by atoms with van der Waals surface area (Å²) in [6.07, 6.45) is 7.12. The molecule has 0 fully saturated rings. The predicted octanol–water partition coefficient (Wildman–Crippen LogP) is 4.40. The fraction of sp³-hybridized carbons (Fsp3) is 0. The second-order valence-electron chi connectivity index (χ2n) is 4.67. The quantitative estimate of drug-likeness (QED) is 0.564. The monoisotopic (exact) mass is 343 g/mol. The summed E-state index contributed by atoms with van der Waals surface area (Å²) < 4.78 is 1.83. The Labute approximate surface area is 143 Å². The lowest BCUT2D eigenvalue weighted by atomic mass is 10.0. The number of hydrogen-bond donors (Lipinski definition) is 1. The van der Waals surface area contributed by atoms with Gasteiger partial charge in [0.2, 0.25) is 0 Å². The zero-order valence-electron chi connectivity index (χ0n) is 12.5. The minimum absolute atomic E-state index is 0.683. The van der Waals surface area contributed by atoms with E-state index < -0.39 is 5.09 Å². The number of nitrogens with zero attached hydrogens (tertiary/aromatic N) is 3. The summed E-state index contributed by atoms with van der Waals surface area (Å²) in [6, 6.07) is 18.5. The van der Waals surface area contributed by atoms with Crippen LogP contribution in [0.3, 0.4) is 0 Å². The summed E-state index contributed by atoms with van der Waals surface area (Å²) in [7, 11) is 0. The van der Waals surface area contributed by atoms with Crippen molar-refractivity contribution in [3.8, 4) is 11.1 Å². The summed E-state index contributed by atoms with van der Waals surface area (Å²) in [4.78, 5) is 12.3. The minimum atomic E-state index is -1.50. The highest BCUT2D eigenvalue weighted by Crippen LogP contribution is 2.24. The maximum absolute atomic E-state index is 8.36. The highest BCUT2D eigenvalue weighted by atomic mass is 35.5. The van der Waals surface area contributed by atoms with Crippen LogP contribution >= 0.6 is 11.6 Å². The smallest absolute Gasteiger partial charge is 0.291 e. The van der Waals surface area contributed by atoms with Crippen LogP contribution in [0.4, 0.5) is 0 Å². The Morgan fingerprint density at radius 3 is 2.25 bits per heavy atom. The first-order valence-electron chi connectivity index (χ1n) is 6.90. The third kappa shape index (κ3) is 5.26. The lowest BCUT2D eigenvalue weighted by molar-refractivity contribution is -0.742. The molecule has 0 aliphatic carbocycles. The van der Waals surface area contributed by atoms with Crippen LogP contribution in [-0.2, 0) is 0 Å². The van der Waals surface area contributed by atoms with Crippen molar-refractivity contribution >= 4 is 22.8 Å². The van der Waals surface area contributed by atoms with Crippen molar-refractivity contribution in [2.45, 2.75) is 0 Å². The van der Waals surface area contributed by atoms with E-state index in [1.54, 1.807) is 12.5 Å². The molecule has 0 unspecified atom stereocenters. The molecule has 122 valence electrons. The number of halogens is 1. The van der Waals surface area contributed by atoms with Crippen molar-refractivity contribution in [1.82, 2.24) is 9.55 Å². The molecule has 0 saturated carbocycles. The average Bonchev–Trinajstić information content (AvgIpc) is 3.08. The van der Waals surface area contributed by atoms with Crippen molar-refractivity contribution in [2.24, 2.45) is 0 Å². The van der Waals surface area contributed by atoms with Crippen LogP contribution in [-0.4, -0.2) is 19.8 Å². The van der Waals surface area contributed by atoms with Crippen LogP contribution in [0, 0.1) is 10.1 Å². The molecular formula is C17H14ClN3O3. The third-order valence-corrected chi connectivity index (χ3v) is 3.37. The molecule has 1 aromatic heterocycles. The van der Waals surface area contributed by atoms with E-state index in [1.807, 2.05) is 47.3 Å². The Bertz CT molecular complexity index is 797. The molecule has 0 radical (unpaired) electrons. The summed E-state index contributed by atoms with van der Waals surface area (Å²) in [5.41, 5.74) is 3.37. The van der Waals surface area contributed by atoms with E-state index >= 15 is 0 Å². The first-order chi connectivity index (χ1) is 11.6. The van der Waals surface area contributed by atoms with Crippen LogP contribution in [0.2, 0.25) is 0 Å². The van der Waals surface area contributed by atoms with Gasteiger partial charge in [0.15, 0.2) is 0 Å².